The van der Waals surface area contributed by atoms with Crippen molar-refractivity contribution in [1.82, 2.24) is 9.97 Å². The number of anilines is 2. The van der Waals surface area contributed by atoms with Crippen LogP contribution in [0.4, 0.5) is 11.5 Å². The Hall–Kier alpha value is -2.99. The third kappa shape index (κ3) is 3.97. The predicted molar refractivity (Wildman–Crippen MR) is 103 cm³/mol. The summed E-state index contributed by atoms with van der Waals surface area (Å²) in [5, 5.41) is 15.4. The second-order valence-electron chi connectivity index (χ2n) is 6.07. The van der Waals surface area contributed by atoms with Crippen molar-refractivity contribution in [1.29, 1.82) is 0 Å². The van der Waals surface area contributed by atoms with E-state index >= 15 is 0 Å². The number of carbonyl (C=O) groups is 1. The summed E-state index contributed by atoms with van der Waals surface area (Å²) in [6.07, 6.45) is 4.13. The lowest BCUT2D eigenvalue weighted by Crippen LogP contribution is -2.20. The third-order valence-corrected chi connectivity index (χ3v) is 4.39. The maximum Gasteiger partial charge on any atom is 0.145 e. The summed E-state index contributed by atoms with van der Waals surface area (Å²) >= 11 is 0. The van der Waals surface area contributed by atoms with Gasteiger partial charge in [0.15, 0.2) is 0 Å². The lowest BCUT2D eigenvalue weighted by Gasteiger charge is -2.14. The number of aliphatic hydroxyl groups is 1. The molecule has 0 radical (unpaired) electrons. The molecule has 6 nitrogen and oxygen atoms in total. The summed E-state index contributed by atoms with van der Waals surface area (Å²) in [5.74, 6) is 0.928. The molecule has 134 valence electrons. The SMILES string of the molecule is CNc1ccc2c(c1)CC(Nc1ncnc3ccccc13)C2.O=CCO. The van der Waals surface area contributed by atoms with Crippen molar-refractivity contribution in [2.45, 2.75) is 18.9 Å². The first-order valence-electron chi connectivity index (χ1n) is 8.55. The molecule has 1 aliphatic carbocycles. The van der Waals surface area contributed by atoms with Gasteiger partial charge in [-0.25, -0.2) is 9.97 Å². The molecule has 1 unspecified atom stereocenters. The van der Waals surface area contributed by atoms with Gasteiger partial charge in [0.2, 0.25) is 0 Å². The maximum absolute atomic E-state index is 8.92. The largest absolute Gasteiger partial charge is 0.389 e. The molecule has 0 bridgehead atoms. The summed E-state index contributed by atoms with van der Waals surface area (Å²) in [7, 11) is 1.96. The van der Waals surface area contributed by atoms with E-state index in [1.807, 2.05) is 25.2 Å². The number of fused-ring (bicyclic) bond motifs is 2. The van der Waals surface area contributed by atoms with E-state index < -0.39 is 0 Å². The second kappa shape index (κ2) is 8.40. The molecule has 3 N–H and O–H groups in total. The van der Waals surface area contributed by atoms with Crippen LogP contribution in [0.15, 0.2) is 48.8 Å². The molecule has 2 aromatic carbocycles. The Bertz CT molecular complexity index is 893. The van der Waals surface area contributed by atoms with Crippen molar-refractivity contribution in [2.75, 3.05) is 24.3 Å². The lowest BCUT2D eigenvalue weighted by atomic mass is 10.1. The van der Waals surface area contributed by atoms with Gasteiger partial charge in [0, 0.05) is 24.2 Å². The van der Waals surface area contributed by atoms with E-state index in [2.05, 4.69) is 44.9 Å². The van der Waals surface area contributed by atoms with Crippen molar-refractivity contribution < 1.29 is 9.90 Å². The zero-order chi connectivity index (χ0) is 18.4. The molecule has 0 spiro atoms. The standard InChI is InChI=1S/C18H18N4.C2H4O2/c1-19-14-7-6-12-8-15(10-13(12)9-14)22-18-16-4-2-3-5-17(16)20-11-21-18;3-1-2-4/h2-7,9,11,15,19H,8,10H2,1H3,(H,20,21,22);1,4H,2H2. The molecule has 0 fully saturated rings. The summed E-state index contributed by atoms with van der Waals surface area (Å²) in [5.41, 5.74) is 5.00. The second-order valence-corrected chi connectivity index (χ2v) is 6.07. The van der Waals surface area contributed by atoms with Gasteiger partial charge in [-0.05, 0) is 48.2 Å². The van der Waals surface area contributed by atoms with Crippen LogP contribution < -0.4 is 10.6 Å². The number of aromatic nitrogens is 2. The quantitative estimate of drug-likeness (QED) is 0.627. The van der Waals surface area contributed by atoms with E-state index in [9.17, 15) is 0 Å². The molecule has 1 aromatic heterocycles. The van der Waals surface area contributed by atoms with Crippen molar-refractivity contribution in [3.63, 3.8) is 0 Å². The Morgan fingerprint density at radius 2 is 1.92 bits per heavy atom. The number of hydrogen-bond acceptors (Lipinski definition) is 6. The van der Waals surface area contributed by atoms with E-state index in [0.717, 1.165) is 29.6 Å². The number of aldehydes is 1. The number of benzene rings is 2. The number of nitrogens with one attached hydrogen (secondary N) is 2. The minimum Gasteiger partial charge on any atom is -0.389 e. The average Bonchev–Trinajstić information content (AvgIpc) is 3.09. The smallest absolute Gasteiger partial charge is 0.145 e. The molecule has 26 heavy (non-hydrogen) atoms. The van der Waals surface area contributed by atoms with Gasteiger partial charge in [-0.2, -0.15) is 0 Å². The highest BCUT2D eigenvalue weighted by molar-refractivity contribution is 5.88. The first-order valence-corrected chi connectivity index (χ1v) is 8.55. The Labute approximate surface area is 152 Å². The zero-order valence-corrected chi connectivity index (χ0v) is 14.6. The van der Waals surface area contributed by atoms with Gasteiger partial charge in [-0.3, -0.25) is 0 Å². The highest BCUT2D eigenvalue weighted by Gasteiger charge is 2.22. The lowest BCUT2D eigenvalue weighted by molar-refractivity contribution is -0.110. The minimum absolute atomic E-state index is 0.361. The average molecular weight is 350 g/mol. The van der Waals surface area contributed by atoms with Gasteiger partial charge in [0.25, 0.3) is 0 Å². The summed E-state index contributed by atoms with van der Waals surface area (Å²) in [6.45, 7) is -0.361. The topological polar surface area (TPSA) is 87.1 Å². The molecule has 0 aliphatic heterocycles. The van der Waals surface area contributed by atoms with Gasteiger partial charge < -0.3 is 20.5 Å². The zero-order valence-electron chi connectivity index (χ0n) is 14.6. The number of nitrogens with zero attached hydrogens (tertiary/aromatic N) is 2. The fraction of sp³-hybridized carbons (Fsp3) is 0.250. The number of para-hydroxylation sites is 1. The molecule has 0 amide bonds. The predicted octanol–water partition coefficient (Wildman–Crippen LogP) is 2.43. The van der Waals surface area contributed by atoms with Crippen molar-refractivity contribution in [3.05, 3.63) is 59.9 Å². The first-order chi connectivity index (χ1) is 12.7. The molecule has 0 saturated heterocycles. The fourth-order valence-corrected chi connectivity index (χ4v) is 3.19. The van der Waals surface area contributed by atoms with Crippen molar-refractivity contribution in [3.8, 4) is 0 Å². The molecule has 6 heteroatoms. The van der Waals surface area contributed by atoms with Gasteiger partial charge >= 0.3 is 0 Å². The number of hydrogen-bond donors (Lipinski definition) is 3. The van der Waals surface area contributed by atoms with Gasteiger partial charge in [-0.15, -0.1) is 0 Å². The Balaban J connectivity index is 0.000000447. The van der Waals surface area contributed by atoms with Crippen LogP contribution in [0.25, 0.3) is 10.9 Å². The van der Waals surface area contributed by atoms with E-state index in [1.54, 1.807) is 6.33 Å². The monoisotopic (exact) mass is 350 g/mol. The van der Waals surface area contributed by atoms with Crippen LogP contribution in [-0.2, 0) is 17.6 Å². The maximum atomic E-state index is 8.92. The highest BCUT2D eigenvalue weighted by atomic mass is 16.3. The molecule has 0 saturated carbocycles. The molecule has 4 rings (SSSR count). The summed E-state index contributed by atoms with van der Waals surface area (Å²) in [4.78, 5) is 17.7. The molecule has 1 aliphatic rings. The van der Waals surface area contributed by atoms with E-state index in [4.69, 9.17) is 9.90 Å². The fourth-order valence-electron chi connectivity index (χ4n) is 3.19. The van der Waals surface area contributed by atoms with Crippen molar-refractivity contribution >= 4 is 28.7 Å². The molecule has 3 aromatic rings. The number of aliphatic hydroxyl groups excluding tert-OH is 1. The van der Waals surface area contributed by atoms with Crippen LogP contribution in [0.5, 0.6) is 0 Å². The van der Waals surface area contributed by atoms with Gasteiger partial charge in [-0.1, -0.05) is 18.2 Å². The molecule has 1 atom stereocenters. The summed E-state index contributed by atoms with van der Waals surface area (Å²) in [6, 6.07) is 15.1. The van der Waals surface area contributed by atoms with Crippen LogP contribution in [0.1, 0.15) is 11.1 Å². The van der Waals surface area contributed by atoms with Gasteiger partial charge in [0.1, 0.15) is 18.4 Å². The van der Waals surface area contributed by atoms with Crippen LogP contribution in [-0.4, -0.2) is 41.1 Å². The van der Waals surface area contributed by atoms with Crippen molar-refractivity contribution in [2.24, 2.45) is 0 Å². The minimum atomic E-state index is -0.361. The van der Waals surface area contributed by atoms with Crippen LogP contribution in [0, 0.1) is 0 Å². The number of carbonyl (C=O) groups excluding carboxylic acids is 1. The Kier molecular flexibility index (Phi) is 5.76. The van der Waals surface area contributed by atoms with E-state index in [-0.39, 0.29) is 6.61 Å². The molecular formula is C20H22N4O2. The molecule has 1 heterocycles. The number of rotatable bonds is 4. The molecular weight excluding hydrogens is 328 g/mol. The normalized spacial score (nSPS) is 14.9. The van der Waals surface area contributed by atoms with Gasteiger partial charge in [0.05, 0.1) is 12.1 Å². The van der Waals surface area contributed by atoms with Crippen LogP contribution in [0.2, 0.25) is 0 Å². The Morgan fingerprint density at radius 3 is 2.69 bits per heavy atom. The van der Waals surface area contributed by atoms with E-state index in [0.29, 0.717) is 12.3 Å². The summed E-state index contributed by atoms with van der Waals surface area (Å²) < 4.78 is 0. The first kappa shape index (κ1) is 17.8. The van der Waals surface area contributed by atoms with Crippen LogP contribution in [0.3, 0.4) is 0 Å². The highest BCUT2D eigenvalue weighted by Crippen LogP contribution is 2.28. The van der Waals surface area contributed by atoms with E-state index in [1.165, 1.54) is 16.8 Å². The van der Waals surface area contributed by atoms with Crippen LogP contribution >= 0.6 is 0 Å². The third-order valence-electron chi connectivity index (χ3n) is 4.39. The Morgan fingerprint density at radius 1 is 1.15 bits per heavy atom.